The first-order valence-electron chi connectivity index (χ1n) is 7.10. The molecule has 0 N–H and O–H groups in total. The Morgan fingerprint density at radius 1 is 0.727 bits per heavy atom. The van der Waals surface area contributed by atoms with Gasteiger partial charge in [0.2, 0.25) is 0 Å². The SMILES string of the molecule is O=C1/C(=C\c2ccccc2Br)CC/C1=C\c1ccccc1Br. The van der Waals surface area contributed by atoms with Gasteiger partial charge in [0.25, 0.3) is 0 Å². The van der Waals surface area contributed by atoms with Gasteiger partial charge in [-0.3, -0.25) is 4.79 Å². The number of halogens is 2. The van der Waals surface area contributed by atoms with E-state index in [4.69, 9.17) is 0 Å². The maximum absolute atomic E-state index is 12.6. The summed E-state index contributed by atoms with van der Waals surface area (Å²) >= 11 is 7.05. The molecular formula is C19H14Br2O. The third-order valence-corrected chi connectivity index (χ3v) is 5.16. The predicted octanol–water partition coefficient (Wildman–Crippen LogP) is 6.04. The van der Waals surface area contributed by atoms with Crippen LogP contribution in [0.1, 0.15) is 24.0 Å². The maximum Gasteiger partial charge on any atom is 0.185 e. The van der Waals surface area contributed by atoms with Crippen LogP contribution >= 0.6 is 31.9 Å². The molecule has 0 heterocycles. The molecule has 0 unspecified atom stereocenters. The fourth-order valence-electron chi connectivity index (χ4n) is 2.54. The van der Waals surface area contributed by atoms with Gasteiger partial charge in [-0.2, -0.15) is 0 Å². The van der Waals surface area contributed by atoms with E-state index in [0.29, 0.717) is 0 Å². The Morgan fingerprint density at radius 2 is 1.14 bits per heavy atom. The molecule has 0 bridgehead atoms. The summed E-state index contributed by atoms with van der Waals surface area (Å²) in [6, 6.07) is 15.9. The summed E-state index contributed by atoms with van der Waals surface area (Å²) in [4.78, 5) is 12.6. The smallest absolute Gasteiger partial charge is 0.185 e. The molecule has 1 saturated carbocycles. The zero-order chi connectivity index (χ0) is 15.5. The molecule has 2 aromatic rings. The third kappa shape index (κ3) is 3.31. The first-order valence-corrected chi connectivity index (χ1v) is 8.68. The topological polar surface area (TPSA) is 17.1 Å². The van der Waals surface area contributed by atoms with E-state index in [9.17, 15) is 4.79 Å². The van der Waals surface area contributed by atoms with Gasteiger partial charge >= 0.3 is 0 Å². The van der Waals surface area contributed by atoms with E-state index >= 15 is 0 Å². The minimum atomic E-state index is 0.159. The lowest BCUT2D eigenvalue weighted by atomic mass is 10.1. The highest BCUT2D eigenvalue weighted by Crippen LogP contribution is 2.32. The van der Waals surface area contributed by atoms with E-state index in [1.54, 1.807) is 0 Å². The molecule has 3 heteroatoms. The van der Waals surface area contributed by atoms with Crippen LogP contribution in [0.3, 0.4) is 0 Å². The van der Waals surface area contributed by atoms with Crippen LogP contribution in [0, 0.1) is 0 Å². The van der Waals surface area contributed by atoms with Crippen molar-refractivity contribution in [3.05, 3.63) is 79.7 Å². The van der Waals surface area contributed by atoms with E-state index in [-0.39, 0.29) is 5.78 Å². The Kier molecular flexibility index (Phi) is 4.74. The summed E-state index contributed by atoms with van der Waals surface area (Å²) in [5, 5.41) is 0. The number of hydrogen-bond donors (Lipinski definition) is 0. The summed E-state index contributed by atoms with van der Waals surface area (Å²) in [6.07, 6.45) is 5.59. The number of benzene rings is 2. The highest BCUT2D eigenvalue weighted by Gasteiger charge is 2.23. The molecule has 0 saturated heterocycles. The third-order valence-electron chi connectivity index (χ3n) is 3.72. The molecule has 110 valence electrons. The molecule has 1 nitrogen and oxygen atoms in total. The highest BCUT2D eigenvalue weighted by molar-refractivity contribution is 9.10. The van der Waals surface area contributed by atoms with Gasteiger partial charge in [-0.05, 0) is 48.3 Å². The standard InChI is InChI=1S/C19H14Br2O/c20-17-7-3-1-5-13(17)11-15-9-10-16(19(15)22)12-14-6-2-4-8-18(14)21/h1-8,11-12H,9-10H2/b15-11-,16-12+. The van der Waals surface area contributed by atoms with Crippen molar-refractivity contribution in [2.24, 2.45) is 0 Å². The van der Waals surface area contributed by atoms with E-state index in [1.165, 1.54) is 0 Å². The second-order valence-electron chi connectivity index (χ2n) is 5.21. The van der Waals surface area contributed by atoms with Crippen molar-refractivity contribution < 1.29 is 4.79 Å². The molecule has 22 heavy (non-hydrogen) atoms. The van der Waals surface area contributed by atoms with Gasteiger partial charge in [-0.25, -0.2) is 0 Å². The van der Waals surface area contributed by atoms with Crippen LogP contribution in [0.4, 0.5) is 0 Å². The quantitative estimate of drug-likeness (QED) is 0.544. The van der Waals surface area contributed by atoms with Gasteiger partial charge in [0, 0.05) is 20.1 Å². The first-order chi connectivity index (χ1) is 10.6. The van der Waals surface area contributed by atoms with Crippen LogP contribution in [0.15, 0.2) is 68.6 Å². The molecular weight excluding hydrogens is 404 g/mol. The lowest BCUT2D eigenvalue weighted by molar-refractivity contribution is -0.111. The Morgan fingerprint density at radius 3 is 1.55 bits per heavy atom. The van der Waals surface area contributed by atoms with Crippen LogP contribution in [0.2, 0.25) is 0 Å². The Hall–Kier alpha value is -1.45. The van der Waals surface area contributed by atoms with Gasteiger partial charge in [-0.1, -0.05) is 68.3 Å². The van der Waals surface area contributed by atoms with E-state index < -0.39 is 0 Å². The minimum Gasteiger partial charge on any atom is -0.289 e. The van der Waals surface area contributed by atoms with Crippen LogP contribution in [0.5, 0.6) is 0 Å². The predicted molar refractivity (Wildman–Crippen MR) is 98.5 cm³/mol. The molecule has 0 aliphatic heterocycles. The second kappa shape index (κ2) is 6.76. The summed E-state index contributed by atoms with van der Waals surface area (Å²) in [5.41, 5.74) is 3.86. The number of rotatable bonds is 2. The van der Waals surface area contributed by atoms with Crippen molar-refractivity contribution in [1.82, 2.24) is 0 Å². The number of carbonyl (C=O) groups excluding carboxylic acids is 1. The fraction of sp³-hybridized carbons (Fsp3) is 0.105. The average molecular weight is 418 g/mol. The lowest BCUT2D eigenvalue weighted by Gasteiger charge is -2.01. The minimum absolute atomic E-state index is 0.159. The molecule has 1 aliphatic rings. The van der Waals surface area contributed by atoms with Crippen molar-refractivity contribution >= 4 is 49.8 Å². The van der Waals surface area contributed by atoms with Crippen molar-refractivity contribution in [1.29, 1.82) is 0 Å². The van der Waals surface area contributed by atoms with E-state index in [0.717, 1.165) is 44.1 Å². The van der Waals surface area contributed by atoms with Crippen LogP contribution in [-0.4, -0.2) is 5.78 Å². The van der Waals surface area contributed by atoms with Crippen LogP contribution in [-0.2, 0) is 4.79 Å². The van der Waals surface area contributed by atoms with Gasteiger partial charge in [0.1, 0.15) is 0 Å². The molecule has 0 spiro atoms. The summed E-state index contributed by atoms with van der Waals surface area (Å²) < 4.78 is 2.03. The zero-order valence-corrected chi connectivity index (χ0v) is 15.0. The molecule has 0 aromatic heterocycles. The number of ketones is 1. The molecule has 0 amide bonds. The van der Waals surface area contributed by atoms with Crippen molar-refractivity contribution in [2.45, 2.75) is 12.8 Å². The molecule has 1 aliphatic carbocycles. The first kappa shape index (κ1) is 15.4. The molecule has 3 rings (SSSR count). The summed E-state index contributed by atoms with van der Waals surface area (Å²) in [5.74, 6) is 0.159. The molecule has 0 radical (unpaired) electrons. The fourth-order valence-corrected chi connectivity index (χ4v) is 3.34. The number of allylic oxidation sites excluding steroid dienone is 2. The van der Waals surface area contributed by atoms with Gasteiger partial charge < -0.3 is 0 Å². The van der Waals surface area contributed by atoms with E-state index in [2.05, 4.69) is 31.9 Å². The lowest BCUT2D eigenvalue weighted by Crippen LogP contribution is -1.96. The normalized spacial score (nSPS) is 18.4. The Balaban J connectivity index is 1.90. The van der Waals surface area contributed by atoms with Crippen molar-refractivity contribution in [3.63, 3.8) is 0 Å². The summed E-state index contributed by atoms with van der Waals surface area (Å²) in [7, 11) is 0. The Bertz CT molecular complexity index is 722. The largest absolute Gasteiger partial charge is 0.289 e. The van der Waals surface area contributed by atoms with Gasteiger partial charge in [-0.15, -0.1) is 0 Å². The molecule has 0 atom stereocenters. The number of carbonyl (C=O) groups is 1. The van der Waals surface area contributed by atoms with Crippen LogP contribution in [0.25, 0.3) is 12.2 Å². The van der Waals surface area contributed by atoms with Crippen LogP contribution < -0.4 is 0 Å². The van der Waals surface area contributed by atoms with Crippen molar-refractivity contribution in [2.75, 3.05) is 0 Å². The maximum atomic E-state index is 12.6. The highest BCUT2D eigenvalue weighted by atomic mass is 79.9. The van der Waals surface area contributed by atoms with Crippen molar-refractivity contribution in [3.8, 4) is 0 Å². The van der Waals surface area contributed by atoms with Gasteiger partial charge in [0.05, 0.1) is 0 Å². The summed E-state index contributed by atoms with van der Waals surface area (Å²) in [6.45, 7) is 0. The van der Waals surface area contributed by atoms with Gasteiger partial charge in [0.15, 0.2) is 5.78 Å². The Labute approximate surface area is 147 Å². The molecule has 1 fully saturated rings. The second-order valence-corrected chi connectivity index (χ2v) is 6.92. The monoisotopic (exact) mass is 416 g/mol. The average Bonchev–Trinajstić information content (AvgIpc) is 2.85. The zero-order valence-electron chi connectivity index (χ0n) is 11.9. The molecule has 2 aromatic carbocycles. The van der Waals surface area contributed by atoms with E-state index in [1.807, 2.05) is 60.7 Å². The number of hydrogen-bond acceptors (Lipinski definition) is 1. The number of Topliss-reactive ketones (excluding diaryl/α,β-unsaturated/α-hetero) is 1.